The minimum atomic E-state index is -3.81. The van der Waals surface area contributed by atoms with E-state index in [4.69, 9.17) is 4.74 Å². The van der Waals surface area contributed by atoms with Crippen molar-refractivity contribution in [1.82, 2.24) is 15.2 Å². The van der Waals surface area contributed by atoms with Crippen LogP contribution >= 0.6 is 0 Å². The van der Waals surface area contributed by atoms with Crippen LogP contribution in [-0.2, 0) is 10.0 Å². The Labute approximate surface area is 114 Å². The molecule has 2 rings (SSSR count). The third-order valence-corrected chi connectivity index (χ3v) is 3.57. The van der Waals surface area contributed by atoms with E-state index in [-0.39, 0.29) is 10.7 Å². The SMILES string of the molecule is CCOc1ccc(S(=O)(=O)Nc2ccc(=O)[nH]n2)cn1. The standard InChI is InChI=1S/C11H12N4O4S/c1-2-19-11-6-3-8(7-12-11)20(17,18)15-9-4-5-10(16)14-13-9/h3-7H,2H2,1H3,(H,13,15)(H,14,16). The number of rotatable bonds is 5. The number of H-pyrrole nitrogens is 1. The molecule has 0 bridgehead atoms. The molecule has 0 atom stereocenters. The number of hydrogen-bond acceptors (Lipinski definition) is 6. The number of nitrogens with zero attached hydrogens (tertiary/aromatic N) is 2. The molecule has 20 heavy (non-hydrogen) atoms. The molecule has 0 spiro atoms. The number of nitrogens with one attached hydrogen (secondary N) is 2. The fraction of sp³-hybridized carbons (Fsp3) is 0.182. The molecule has 2 aromatic heterocycles. The van der Waals surface area contributed by atoms with Gasteiger partial charge in [0.2, 0.25) is 5.88 Å². The molecule has 106 valence electrons. The minimum absolute atomic E-state index is 0.0125. The molecule has 0 fully saturated rings. The Morgan fingerprint density at radius 1 is 1.30 bits per heavy atom. The zero-order valence-corrected chi connectivity index (χ0v) is 11.3. The zero-order chi connectivity index (χ0) is 14.6. The Bertz CT molecular complexity index is 719. The summed E-state index contributed by atoms with van der Waals surface area (Å²) in [6.07, 6.45) is 1.18. The van der Waals surface area contributed by atoms with Crippen LogP contribution in [-0.4, -0.2) is 30.2 Å². The van der Waals surface area contributed by atoms with Gasteiger partial charge < -0.3 is 4.74 Å². The van der Waals surface area contributed by atoms with Crippen LogP contribution in [0.25, 0.3) is 0 Å². The van der Waals surface area contributed by atoms with E-state index in [1.807, 2.05) is 0 Å². The maximum Gasteiger partial charge on any atom is 0.264 e. The van der Waals surface area contributed by atoms with Crippen LogP contribution in [0.2, 0.25) is 0 Å². The molecule has 2 heterocycles. The van der Waals surface area contributed by atoms with Gasteiger partial charge in [0.25, 0.3) is 15.6 Å². The number of aromatic nitrogens is 3. The fourth-order valence-corrected chi connectivity index (χ4v) is 2.30. The van der Waals surface area contributed by atoms with Gasteiger partial charge in [0.05, 0.1) is 12.8 Å². The summed E-state index contributed by atoms with van der Waals surface area (Å²) in [6.45, 7) is 2.24. The van der Waals surface area contributed by atoms with Crippen LogP contribution < -0.4 is 15.0 Å². The van der Waals surface area contributed by atoms with Crippen LogP contribution in [0, 0.1) is 0 Å². The van der Waals surface area contributed by atoms with E-state index in [1.54, 1.807) is 6.92 Å². The van der Waals surface area contributed by atoms with Crippen LogP contribution in [0.1, 0.15) is 6.92 Å². The molecule has 2 N–H and O–H groups in total. The van der Waals surface area contributed by atoms with Crippen LogP contribution in [0.15, 0.2) is 40.2 Å². The molecule has 0 saturated heterocycles. The lowest BCUT2D eigenvalue weighted by Crippen LogP contribution is -2.16. The molecule has 9 heteroatoms. The average molecular weight is 296 g/mol. The molecule has 2 aromatic rings. The molecular formula is C11H12N4O4S. The molecule has 0 aliphatic carbocycles. The maximum absolute atomic E-state index is 12.0. The van der Waals surface area contributed by atoms with Crippen molar-refractivity contribution in [3.05, 3.63) is 40.8 Å². The summed E-state index contributed by atoms with van der Waals surface area (Å²) in [6, 6.07) is 5.25. The first-order valence-corrected chi connectivity index (χ1v) is 7.17. The van der Waals surface area contributed by atoms with Gasteiger partial charge in [0.15, 0.2) is 5.82 Å². The largest absolute Gasteiger partial charge is 0.478 e. The lowest BCUT2D eigenvalue weighted by atomic mass is 10.5. The number of pyridine rings is 1. The van der Waals surface area contributed by atoms with Gasteiger partial charge in [0, 0.05) is 12.1 Å². The summed E-state index contributed by atoms with van der Waals surface area (Å²) in [7, 11) is -3.81. The van der Waals surface area contributed by atoms with Gasteiger partial charge >= 0.3 is 0 Å². The normalized spacial score (nSPS) is 11.1. The predicted octanol–water partition coefficient (Wildman–Crippen LogP) is 0.364. The smallest absolute Gasteiger partial charge is 0.264 e. The van der Waals surface area contributed by atoms with Crippen LogP contribution in [0.4, 0.5) is 5.82 Å². The zero-order valence-electron chi connectivity index (χ0n) is 10.5. The highest BCUT2D eigenvalue weighted by Gasteiger charge is 2.15. The lowest BCUT2D eigenvalue weighted by Gasteiger charge is -2.07. The first-order chi connectivity index (χ1) is 9.51. The molecule has 0 saturated carbocycles. The molecule has 0 aliphatic heterocycles. The van der Waals surface area contributed by atoms with E-state index in [0.717, 1.165) is 0 Å². The second-order valence-electron chi connectivity index (χ2n) is 3.68. The van der Waals surface area contributed by atoms with Gasteiger partial charge in [-0.15, -0.1) is 0 Å². The molecule has 0 radical (unpaired) electrons. The van der Waals surface area contributed by atoms with Crippen molar-refractivity contribution in [3.63, 3.8) is 0 Å². The number of ether oxygens (including phenoxy) is 1. The summed E-state index contributed by atoms with van der Waals surface area (Å²) in [5.41, 5.74) is -0.421. The highest BCUT2D eigenvalue weighted by Crippen LogP contribution is 2.15. The van der Waals surface area contributed by atoms with Crippen molar-refractivity contribution in [2.75, 3.05) is 11.3 Å². The lowest BCUT2D eigenvalue weighted by molar-refractivity contribution is 0.326. The van der Waals surface area contributed by atoms with E-state index in [9.17, 15) is 13.2 Å². The van der Waals surface area contributed by atoms with Gasteiger partial charge in [-0.25, -0.2) is 18.5 Å². The molecular weight excluding hydrogens is 284 g/mol. The maximum atomic E-state index is 12.0. The summed E-state index contributed by atoms with van der Waals surface area (Å²) in [5.74, 6) is 0.354. The number of aromatic amines is 1. The Morgan fingerprint density at radius 3 is 2.65 bits per heavy atom. The number of sulfonamides is 1. The average Bonchev–Trinajstić information content (AvgIpc) is 2.42. The van der Waals surface area contributed by atoms with E-state index in [1.165, 1.54) is 30.5 Å². The summed E-state index contributed by atoms with van der Waals surface area (Å²) in [5, 5.41) is 5.69. The monoisotopic (exact) mass is 296 g/mol. The Balaban J connectivity index is 2.21. The summed E-state index contributed by atoms with van der Waals surface area (Å²) in [4.78, 5) is 14.7. The van der Waals surface area contributed by atoms with E-state index in [2.05, 4.69) is 19.9 Å². The Morgan fingerprint density at radius 2 is 2.10 bits per heavy atom. The fourth-order valence-electron chi connectivity index (χ4n) is 1.36. The predicted molar refractivity (Wildman–Crippen MR) is 71.1 cm³/mol. The third kappa shape index (κ3) is 3.32. The van der Waals surface area contributed by atoms with Gasteiger partial charge in [0.1, 0.15) is 4.90 Å². The van der Waals surface area contributed by atoms with Crippen LogP contribution in [0.3, 0.4) is 0 Å². The molecule has 8 nitrogen and oxygen atoms in total. The highest BCUT2D eigenvalue weighted by molar-refractivity contribution is 7.92. The topological polar surface area (TPSA) is 114 Å². The van der Waals surface area contributed by atoms with Gasteiger partial charge in [-0.2, -0.15) is 5.10 Å². The van der Waals surface area contributed by atoms with E-state index < -0.39 is 15.6 Å². The third-order valence-electron chi connectivity index (χ3n) is 2.23. The van der Waals surface area contributed by atoms with E-state index in [0.29, 0.717) is 12.5 Å². The molecule has 0 amide bonds. The first-order valence-electron chi connectivity index (χ1n) is 5.68. The molecule has 0 aliphatic rings. The van der Waals surface area contributed by atoms with Gasteiger partial charge in [-0.1, -0.05) is 0 Å². The second kappa shape index (κ2) is 5.70. The van der Waals surface area contributed by atoms with Crippen molar-refractivity contribution >= 4 is 15.8 Å². The number of hydrogen-bond donors (Lipinski definition) is 2. The van der Waals surface area contributed by atoms with Crippen molar-refractivity contribution in [2.45, 2.75) is 11.8 Å². The Hall–Kier alpha value is -2.42. The molecule has 0 aromatic carbocycles. The second-order valence-corrected chi connectivity index (χ2v) is 5.36. The summed E-state index contributed by atoms with van der Waals surface area (Å²) >= 11 is 0. The molecule has 0 unspecified atom stereocenters. The van der Waals surface area contributed by atoms with Crippen molar-refractivity contribution < 1.29 is 13.2 Å². The quantitative estimate of drug-likeness (QED) is 0.823. The van der Waals surface area contributed by atoms with Gasteiger partial charge in [-0.3, -0.25) is 9.52 Å². The van der Waals surface area contributed by atoms with Crippen LogP contribution in [0.5, 0.6) is 5.88 Å². The Kier molecular flexibility index (Phi) is 3.99. The van der Waals surface area contributed by atoms with Crippen molar-refractivity contribution in [1.29, 1.82) is 0 Å². The highest BCUT2D eigenvalue weighted by atomic mass is 32.2. The minimum Gasteiger partial charge on any atom is -0.478 e. The van der Waals surface area contributed by atoms with E-state index >= 15 is 0 Å². The van der Waals surface area contributed by atoms with Crippen molar-refractivity contribution in [3.8, 4) is 5.88 Å². The number of anilines is 1. The van der Waals surface area contributed by atoms with Gasteiger partial charge in [-0.05, 0) is 19.1 Å². The van der Waals surface area contributed by atoms with Crippen molar-refractivity contribution in [2.24, 2.45) is 0 Å². The first kappa shape index (κ1) is 14.0. The summed E-state index contributed by atoms with van der Waals surface area (Å²) < 4.78 is 31.4.